The standard InChI is InChI=1S/C13H18N2O4/c1-13(17)7-15(8-13)12(16)14-9-4-5-10(18-2)11(6-9)19-3/h4-6,17H,7-8H2,1-3H3,(H,14,16). The van der Waals surface area contributed by atoms with Gasteiger partial charge in [-0.3, -0.25) is 0 Å². The Balaban J connectivity index is 2.01. The van der Waals surface area contributed by atoms with Crippen LogP contribution < -0.4 is 14.8 Å². The van der Waals surface area contributed by atoms with Crippen LogP contribution in [0.4, 0.5) is 10.5 Å². The van der Waals surface area contributed by atoms with Crippen molar-refractivity contribution in [3.63, 3.8) is 0 Å². The molecule has 1 aromatic rings. The topological polar surface area (TPSA) is 71.0 Å². The van der Waals surface area contributed by atoms with Gasteiger partial charge < -0.3 is 24.8 Å². The smallest absolute Gasteiger partial charge is 0.322 e. The van der Waals surface area contributed by atoms with Crippen molar-refractivity contribution in [1.82, 2.24) is 4.90 Å². The van der Waals surface area contributed by atoms with Gasteiger partial charge in [0.2, 0.25) is 0 Å². The van der Waals surface area contributed by atoms with Gasteiger partial charge in [0, 0.05) is 11.8 Å². The lowest BCUT2D eigenvalue weighted by Gasteiger charge is -2.43. The van der Waals surface area contributed by atoms with E-state index in [2.05, 4.69) is 5.32 Å². The summed E-state index contributed by atoms with van der Waals surface area (Å²) in [5.74, 6) is 1.16. The quantitative estimate of drug-likeness (QED) is 0.865. The molecule has 0 aromatic heterocycles. The van der Waals surface area contributed by atoms with Crippen LogP contribution in [0.2, 0.25) is 0 Å². The molecule has 0 radical (unpaired) electrons. The number of β-amino-alcohol motifs (C(OH)–C–C–N with tert-alkyl or cyclic N) is 1. The van der Waals surface area contributed by atoms with E-state index in [0.717, 1.165) is 0 Å². The molecule has 0 unspecified atom stereocenters. The lowest BCUT2D eigenvalue weighted by atomic mass is 9.98. The Labute approximate surface area is 111 Å². The molecule has 0 aliphatic carbocycles. The second-order valence-electron chi connectivity index (χ2n) is 4.85. The minimum absolute atomic E-state index is 0.237. The third-order valence-electron chi connectivity index (χ3n) is 2.99. The van der Waals surface area contributed by atoms with E-state index in [-0.39, 0.29) is 6.03 Å². The average molecular weight is 266 g/mol. The second kappa shape index (κ2) is 4.97. The number of hydrogen-bond donors (Lipinski definition) is 2. The number of amides is 2. The highest BCUT2D eigenvalue weighted by atomic mass is 16.5. The Morgan fingerprint density at radius 1 is 1.32 bits per heavy atom. The highest BCUT2D eigenvalue weighted by Gasteiger charge is 2.39. The molecule has 2 rings (SSSR count). The third kappa shape index (κ3) is 2.90. The number of methoxy groups -OCH3 is 2. The van der Waals surface area contributed by atoms with Crippen molar-refractivity contribution in [3.8, 4) is 11.5 Å². The number of ether oxygens (including phenoxy) is 2. The summed E-state index contributed by atoms with van der Waals surface area (Å²) in [4.78, 5) is 13.4. The summed E-state index contributed by atoms with van der Waals surface area (Å²) in [5, 5.41) is 12.3. The zero-order valence-corrected chi connectivity index (χ0v) is 11.3. The Hall–Kier alpha value is -1.95. The van der Waals surface area contributed by atoms with E-state index in [1.54, 1.807) is 32.2 Å². The van der Waals surface area contributed by atoms with Crippen LogP contribution in [0.5, 0.6) is 11.5 Å². The lowest BCUT2D eigenvalue weighted by molar-refractivity contribution is -0.0581. The normalized spacial score (nSPS) is 16.5. The third-order valence-corrected chi connectivity index (χ3v) is 2.99. The number of benzene rings is 1. The van der Waals surface area contributed by atoms with Gasteiger partial charge in [0.05, 0.1) is 32.9 Å². The summed E-state index contributed by atoms with van der Waals surface area (Å²) >= 11 is 0. The number of nitrogens with one attached hydrogen (secondary N) is 1. The van der Waals surface area contributed by atoms with Gasteiger partial charge in [-0.25, -0.2) is 4.79 Å². The highest BCUT2D eigenvalue weighted by molar-refractivity contribution is 5.90. The first-order valence-electron chi connectivity index (χ1n) is 5.95. The van der Waals surface area contributed by atoms with Gasteiger partial charge in [-0.2, -0.15) is 0 Å². The van der Waals surface area contributed by atoms with Gasteiger partial charge in [-0.15, -0.1) is 0 Å². The van der Waals surface area contributed by atoms with E-state index in [4.69, 9.17) is 9.47 Å². The van der Waals surface area contributed by atoms with Gasteiger partial charge in [0.15, 0.2) is 11.5 Å². The molecule has 0 spiro atoms. The molecule has 104 valence electrons. The summed E-state index contributed by atoms with van der Waals surface area (Å²) in [6, 6.07) is 4.91. The first-order valence-corrected chi connectivity index (χ1v) is 5.95. The molecule has 1 aromatic carbocycles. The number of carbonyl (C=O) groups is 1. The molecule has 2 amide bonds. The minimum Gasteiger partial charge on any atom is -0.493 e. The first-order chi connectivity index (χ1) is 8.95. The fraction of sp³-hybridized carbons (Fsp3) is 0.462. The van der Waals surface area contributed by atoms with Gasteiger partial charge in [-0.05, 0) is 19.1 Å². The number of aliphatic hydroxyl groups is 1. The van der Waals surface area contributed by atoms with E-state index >= 15 is 0 Å². The minimum atomic E-state index is -0.769. The molecular formula is C13H18N2O4. The van der Waals surface area contributed by atoms with Crippen LogP contribution in [0.15, 0.2) is 18.2 Å². The number of rotatable bonds is 3. The lowest BCUT2D eigenvalue weighted by Crippen LogP contribution is -2.62. The van der Waals surface area contributed by atoms with E-state index < -0.39 is 5.60 Å². The van der Waals surface area contributed by atoms with Gasteiger partial charge in [-0.1, -0.05) is 0 Å². The first kappa shape index (κ1) is 13.5. The summed E-state index contributed by atoms with van der Waals surface area (Å²) in [6.45, 7) is 2.38. The zero-order valence-electron chi connectivity index (χ0n) is 11.3. The molecule has 1 aliphatic rings. The van der Waals surface area contributed by atoms with E-state index in [0.29, 0.717) is 30.3 Å². The summed E-state index contributed by atoms with van der Waals surface area (Å²) in [5.41, 5.74) is -0.149. The Morgan fingerprint density at radius 2 is 1.95 bits per heavy atom. The molecule has 1 heterocycles. The molecular weight excluding hydrogens is 248 g/mol. The van der Waals surface area contributed by atoms with Crippen molar-refractivity contribution in [2.24, 2.45) is 0 Å². The fourth-order valence-electron chi connectivity index (χ4n) is 2.04. The van der Waals surface area contributed by atoms with Crippen LogP contribution in [-0.2, 0) is 0 Å². The number of likely N-dealkylation sites (tertiary alicyclic amines) is 1. The molecule has 2 N–H and O–H groups in total. The average Bonchev–Trinajstić information content (AvgIpc) is 2.35. The molecule has 1 aliphatic heterocycles. The molecule has 0 bridgehead atoms. The van der Waals surface area contributed by atoms with Gasteiger partial charge in [0.25, 0.3) is 0 Å². The van der Waals surface area contributed by atoms with Crippen LogP contribution in [0.25, 0.3) is 0 Å². The number of hydrogen-bond acceptors (Lipinski definition) is 4. The number of nitrogens with zero attached hydrogens (tertiary/aromatic N) is 1. The van der Waals surface area contributed by atoms with Crippen molar-refractivity contribution in [2.45, 2.75) is 12.5 Å². The maximum atomic E-state index is 11.9. The van der Waals surface area contributed by atoms with E-state index in [1.165, 1.54) is 12.0 Å². The van der Waals surface area contributed by atoms with Gasteiger partial charge >= 0.3 is 6.03 Å². The molecule has 1 saturated heterocycles. The predicted octanol–water partition coefficient (Wildman–Crippen LogP) is 1.30. The van der Waals surface area contributed by atoms with Crippen LogP contribution in [0, 0.1) is 0 Å². The Bertz CT molecular complexity index is 480. The van der Waals surface area contributed by atoms with Crippen molar-refractivity contribution in [3.05, 3.63) is 18.2 Å². The van der Waals surface area contributed by atoms with Crippen molar-refractivity contribution < 1.29 is 19.4 Å². The van der Waals surface area contributed by atoms with Crippen LogP contribution in [0.3, 0.4) is 0 Å². The van der Waals surface area contributed by atoms with E-state index in [9.17, 15) is 9.90 Å². The summed E-state index contributed by atoms with van der Waals surface area (Å²) in [6.07, 6.45) is 0. The molecule has 0 atom stereocenters. The van der Waals surface area contributed by atoms with Crippen LogP contribution in [-0.4, -0.2) is 48.9 Å². The monoisotopic (exact) mass is 266 g/mol. The summed E-state index contributed by atoms with van der Waals surface area (Å²) in [7, 11) is 3.09. The number of anilines is 1. The Kier molecular flexibility index (Phi) is 3.53. The second-order valence-corrected chi connectivity index (χ2v) is 4.85. The molecule has 1 fully saturated rings. The Morgan fingerprint density at radius 3 is 2.47 bits per heavy atom. The van der Waals surface area contributed by atoms with Crippen molar-refractivity contribution in [2.75, 3.05) is 32.6 Å². The SMILES string of the molecule is COc1ccc(NC(=O)N2CC(C)(O)C2)cc1OC. The van der Waals surface area contributed by atoms with Crippen LogP contribution >= 0.6 is 0 Å². The fourth-order valence-corrected chi connectivity index (χ4v) is 2.04. The highest BCUT2D eigenvalue weighted by Crippen LogP contribution is 2.30. The van der Waals surface area contributed by atoms with Gasteiger partial charge in [0.1, 0.15) is 0 Å². The number of urea groups is 1. The molecule has 0 saturated carbocycles. The maximum Gasteiger partial charge on any atom is 0.322 e. The molecule has 6 nitrogen and oxygen atoms in total. The maximum absolute atomic E-state index is 11.9. The molecule has 6 heteroatoms. The number of carbonyl (C=O) groups excluding carboxylic acids is 1. The van der Waals surface area contributed by atoms with Crippen LogP contribution in [0.1, 0.15) is 6.92 Å². The molecule has 19 heavy (non-hydrogen) atoms. The van der Waals surface area contributed by atoms with Crippen molar-refractivity contribution >= 4 is 11.7 Å². The predicted molar refractivity (Wildman–Crippen MR) is 70.8 cm³/mol. The van der Waals surface area contributed by atoms with E-state index in [1.807, 2.05) is 0 Å². The summed E-state index contributed by atoms with van der Waals surface area (Å²) < 4.78 is 10.3. The zero-order chi connectivity index (χ0) is 14.0. The largest absolute Gasteiger partial charge is 0.493 e. The van der Waals surface area contributed by atoms with Crippen molar-refractivity contribution in [1.29, 1.82) is 0 Å².